The van der Waals surface area contributed by atoms with Crippen LogP contribution in [0, 0.1) is 17.2 Å². The van der Waals surface area contributed by atoms with Crippen LogP contribution in [0.1, 0.15) is 18.4 Å². The van der Waals surface area contributed by atoms with Gasteiger partial charge < -0.3 is 25.6 Å². The van der Waals surface area contributed by atoms with E-state index in [-0.39, 0.29) is 10.9 Å². The molecule has 1 aliphatic carbocycles. The van der Waals surface area contributed by atoms with Crippen molar-refractivity contribution >= 4 is 40.4 Å². The third-order valence-electron chi connectivity index (χ3n) is 6.88. The van der Waals surface area contributed by atoms with Crippen molar-refractivity contribution in [3.05, 3.63) is 59.4 Å². The molecule has 2 aromatic rings. The molecule has 9 heteroatoms. The summed E-state index contributed by atoms with van der Waals surface area (Å²) in [6.07, 6.45) is 3.61. The van der Waals surface area contributed by atoms with Crippen LogP contribution in [0.15, 0.2) is 48.0 Å². The molecule has 2 fully saturated rings. The molecule has 178 valence electrons. The lowest BCUT2D eigenvalue weighted by Crippen LogP contribution is -2.23. The summed E-state index contributed by atoms with van der Waals surface area (Å²) < 4.78 is 19.8. The number of hydrogen-bond donors (Lipinski definition) is 3. The quantitative estimate of drug-likeness (QED) is 0.525. The van der Waals surface area contributed by atoms with Gasteiger partial charge in [0.2, 0.25) is 5.91 Å². The molecule has 2 heterocycles. The number of carbonyl (C=O) groups is 1. The average molecular weight is 484 g/mol. The van der Waals surface area contributed by atoms with Crippen LogP contribution in [-0.4, -0.2) is 50.1 Å². The van der Waals surface area contributed by atoms with Crippen LogP contribution in [0.3, 0.4) is 0 Å². The van der Waals surface area contributed by atoms with Crippen molar-refractivity contribution in [1.82, 2.24) is 4.90 Å². The zero-order valence-corrected chi connectivity index (χ0v) is 19.7. The van der Waals surface area contributed by atoms with Gasteiger partial charge in [0.15, 0.2) is 0 Å². The first-order chi connectivity index (χ1) is 16.4. The lowest BCUT2D eigenvalue weighted by molar-refractivity contribution is -0.111. The highest BCUT2D eigenvalue weighted by molar-refractivity contribution is 6.31. The summed E-state index contributed by atoms with van der Waals surface area (Å²) in [6.45, 7) is 6.77. The van der Waals surface area contributed by atoms with E-state index in [1.807, 2.05) is 12.1 Å². The first-order valence-electron chi connectivity index (χ1n) is 11.3. The fourth-order valence-corrected chi connectivity index (χ4v) is 5.08. The molecule has 34 heavy (non-hydrogen) atoms. The minimum atomic E-state index is -0.488. The van der Waals surface area contributed by atoms with E-state index in [0.29, 0.717) is 47.6 Å². The topological polar surface area (TPSA) is 78.0 Å². The van der Waals surface area contributed by atoms with Gasteiger partial charge >= 0.3 is 0 Å². The number of hydrogen-bond acceptors (Lipinski definition) is 6. The lowest BCUT2D eigenvalue weighted by Gasteiger charge is -2.23. The molecule has 5 rings (SSSR count). The fourth-order valence-electron chi connectivity index (χ4n) is 4.90. The molecule has 1 spiro atoms. The number of benzene rings is 2. The van der Waals surface area contributed by atoms with E-state index in [0.717, 1.165) is 24.3 Å². The van der Waals surface area contributed by atoms with E-state index in [2.05, 4.69) is 39.5 Å². The third kappa shape index (κ3) is 4.48. The number of halogens is 2. The Morgan fingerprint density at radius 3 is 3.03 bits per heavy atom. The maximum Gasteiger partial charge on any atom is 0.247 e. The highest BCUT2D eigenvalue weighted by atomic mass is 35.5. The van der Waals surface area contributed by atoms with Crippen LogP contribution < -0.4 is 20.7 Å². The number of fused-ring (bicyclic) bond motifs is 1. The van der Waals surface area contributed by atoms with Gasteiger partial charge in [-0.25, -0.2) is 9.38 Å². The molecule has 2 atom stereocenters. The monoisotopic (exact) mass is 483 g/mol. The first kappa shape index (κ1) is 22.7. The molecule has 2 aliphatic heterocycles. The van der Waals surface area contributed by atoms with Crippen LogP contribution in [0.2, 0.25) is 5.02 Å². The first-order valence-corrected chi connectivity index (χ1v) is 11.7. The number of nitrogens with zero attached hydrogens (tertiary/aromatic N) is 2. The molecule has 1 amide bonds. The predicted octanol–water partition coefficient (Wildman–Crippen LogP) is 4.57. The molecular weight excluding hydrogens is 457 g/mol. The Kier molecular flexibility index (Phi) is 5.95. The number of rotatable bonds is 6. The average Bonchev–Trinajstić information content (AvgIpc) is 3.36. The van der Waals surface area contributed by atoms with E-state index in [1.54, 1.807) is 6.07 Å². The molecule has 1 saturated heterocycles. The second-order valence-corrected chi connectivity index (χ2v) is 9.65. The van der Waals surface area contributed by atoms with Crippen molar-refractivity contribution in [3.63, 3.8) is 0 Å². The molecule has 1 saturated carbocycles. The van der Waals surface area contributed by atoms with Gasteiger partial charge in [0.25, 0.3) is 0 Å². The Labute approximate surface area is 203 Å². The molecule has 2 unspecified atom stereocenters. The Morgan fingerprint density at radius 1 is 1.44 bits per heavy atom. The fraction of sp³-hybridized carbons (Fsp3) is 0.360. The highest BCUT2D eigenvalue weighted by Crippen LogP contribution is 2.58. The number of anilines is 3. The number of likely N-dealkylation sites (tertiary alicyclic amines) is 1. The van der Waals surface area contributed by atoms with Crippen LogP contribution in [0.25, 0.3) is 0 Å². The lowest BCUT2D eigenvalue weighted by atomic mass is 10.0. The maximum atomic E-state index is 13.6. The zero-order valence-electron chi connectivity index (χ0n) is 19.0. The van der Waals surface area contributed by atoms with Gasteiger partial charge in [0.05, 0.1) is 23.0 Å². The number of amidine groups is 1. The predicted molar refractivity (Wildman–Crippen MR) is 133 cm³/mol. The zero-order chi connectivity index (χ0) is 23.9. The second-order valence-electron chi connectivity index (χ2n) is 9.25. The van der Waals surface area contributed by atoms with Crippen molar-refractivity contribution in [2.75, 3.05) is 49.4 Å². The van der Waals surface area contributed by atoms with Crippen molar-refractivity contribution in [2.24, 2.45) is 16.3 Å². The van der Waals surface area contributed by atoms with Crippen molar-refractivity contribution in [1.29, 1.82) is 0 Å². The van der Waals surface area contributed by atoms with Gasteiger partial charge in [-0.05, 0) is 62.2 Å². The minimum absolute atomic E-state index is 0.0220. The van der Waals surface area contributed by atoms with Crippen LogP contribution in [0.5, 0.6) is 5.75 Å². The third-order valence-corrected chi connectivity index (χ3v) is 7.17. The Balaban J connectivity index is 1.38. The van der Waals surface area contributed by atoms with Gasteiger partial charge in [-0.2, -0.15) is 0 Å². The summed E-state index contributed by atoms with van der Waals surface area (Å²) in [5, 5.41) is 9.33. The Hall–Kier alpha value is -3.10. The van der Waals surface area contributed by atoms with E-state index >= 15 is 0 Å². The molecule has 2 aromatic carbocycles. The number of amides is 1. The molecule has 0 bridgehead atoms. The number of nitrogens with one attached hydrogen (secondary N) is 3. The number of aliphatic imine (C=N–C) groups is 1. The minimum Gasteiger partial charge on any atom is -0.491 e. The highest BCUT2D eigenvalue weighted by Gasteiger charge is 2.56. The summed E-state index contributed by atoms with van der Waals surface area (Å²) in [5.74, 6) is 0.878. The smallest absolute Gasteiger partial charge is 0.247 e. The van der Waals surface area contributed by atoms with Crippen molar-refractivity contribution in [3.8, 4) is 5.75 Å². The number of carbonyl (C=O) groups excluding carboxylic acids is 1. The van der Waals surface area contributed by atoms with Gasteiger partial charge in [0, 0.05) is 29.8 Å². The summed E-state index contributed by atoms with van der Waals surface area (Å²) in [7, 11) is 2.16. The Bertz CT molecular complexity index is 1190. The van der Waals surface area contributed by atoms with Crippen LogP contribution in [0.4, 0.5) is 21.5 Å². The van der Waals surface area contributed by atoms with E-state index in [9.17, 15) is 9.18 Å². The standard InChI is InChI=1S/C25H27ClFN5O2/c1-3-23(33)31-21-9-17-20(10-22(21)34-12-15-11-25(15)6-7-32(2)13-25)28-14-29-24(17)30-16-4-5-19(27)18(26)8-16/h3-5,8-10,15,28H,1,6-7,11-14H2,2H3,(H,29,30)(H,31,33). The summed E-state index contributed by atoms with van der Waals surface area (Å²) >= 11 is 5.93. The van der Waals surface area contributed by atoms with E-state index in [4.69, 9.17) is 16.3 Å². The van der Waals surface area contributed by atoms with Crippen molar-refractivity contribution < 1.29 is 13.9 Å². The van der Waals surface area contributed by atoms with Gasteiger partial charge in [-0.3, -0.25) is 4.79 Å². The molecule has 7 nitrogen and oxygen atoms in total. The van der Waals surface area contributed by atoms with E-state index < -0.39 is 5.82 Å². The molecule has 3 N–H and O–H groups in total. The maximum absolute atomic E-state index is 13.6. The van der Waals surface area contributed by atoms with Crippen LogP contribution >= 0.6 is 11.6 Å². The molecular formula is C25H27ClFN5O2. The molecule has 0 radical (unpaired) electrons. The SMILES string of the molecule is C=CC(=O)Nc1cc2c(cc1OCC1CC13CCN(C)C3)NCN=C2Nc1ccc(F)c(Cl)c1. The molecule has 0 aromatic heterocycles. The molecule has 3 aliphatic rings. The second kappa shape index (κ2) is 8.92. The van der Waals surface area contributed by atoms with Crippen LogP contribution in [-0.2, 0) is 4.79 Å². The van der Waals surface area contributed by atoms with Gasteiger partial charge in [0.1, 0.15) is 24.1 Å². The largest absolute Gasteiger partial charge is 0.491 e. The van der Waals surface area contributed by atoms with Gasteiger partial charge in [-0.1, -0.05) is 18.2 Å². The number of ether oxygens (including phenoxy) is 1. The normalized spacial score (nSPS) is 23.0. The summed E-state index contributed by atoms with van der Waals surface area (Å²) in [6, 6.07) is 8.10. The van der Waals surface area contributed by atoms with E-state index in [1.165, 1.54) is 31.1 Å². The summed E-state index contributed by atoms with van der Waals surface area (Å²) in [4.78, 5) is 19.0. The Morgan fingerprint density at radius 2 is 2.29 bits per heavy atom. The van der Waals surface area contributed by atoms with Gasteiger partial charge in [-0.15, -0.1) is 0 Å². The summed E-state index contributed by atoms with van der Waals surface area (Å²) in [5.41, 5.74) is 3.10. The van der Waals surface area contributed by atoms with Crippen molar-refractivity contribution in [2.45, 2.75) is 12.8 Å².